The van der Waals surface area contributed by atoms with Crippen LogP contribution in [0.5, 0.6) is 5.88 Å². The van der Waals surface area contributed by atoms with Crippen molar-refractivity contribution < 1.29 is 4.74 Å². The van der Waals surface area contributed by atoms with Crippen molar-refractivity contribution >= 4 is 28.8 Å². The summed E-state index contributed by atoms with van der Waals surface area (Å²) in [5, 5.41) is 8.36. The molecule has 0 saturated carbocycles. The fraction of sp³-hybridized carbons (Fsp3) is 0.130. The average Bonchev–Trinajstić information content (AvgIpc) is 3.38. The van der Waals surface area contributed by atoms with E-state index in [9.17, 15) is 0 Å². The third-order valence-electron chi connectivity index (χ3n) is 5.17. The van der Waals surface area contributed by atoms with Crippen molar-refractivity contribution in [1.29, 1.82) is 0 Å². The topological polar surface area (TPSA) is 82.2 Å². The lowest BCUT2D eigenvalue weighted by Crippen LogP contribution is -2.03. The van der Waals surface area contributed by atoms with Crippen LogP contribution in [0.2, 0.25) is 5.02 Å². The van der Waals surface area contributed by atoms with Gasteiger partial charge in [-0.1, -0.05) is 29.8 Å². The number of methoxy groups -OCH3 is 1. The number of halogens is 1. The zero-order valence-electron chi connectivity index (χ0n) is 17.7. The molecule has 9 heteroatoms. The van der Waals surface area contributed by atoms with Crippen molar-refractivity contribution in [3.63, 3.8) is 0 Å². The van der Waals surface area contributed by atoms with Crippen molar-refractivity contribution in [3.05, 3.63) is 77.6 Å². The molecule has 0 bridgehead atoms. The molecule has 0 aliphatic rings. The summed E-state index contributed by atoms with van der Waals surface area (Å²) in [7, 11) is 1.58. The Labute approximate surface area is 189 Å². The number of nitrogens with zero attached hydrogens (tertiary/aromatic N) is 6. The Bertz CT molecular complexity index is 1440. The van der Waals surface area contributed by atoms with Crippen molar-refractivity contribution in [2.24, 2.45) is 0 Å². The van der Waals surface area contributed by atoms with E-state index in [1.165, 1.54) is 0 Å². The maximum Gasteiger partial charge on any atom is 0.241 e. The Morgan fingerprint density at radius 2 is 1.84 bits per heavy atom. The number of aryl methyl sites for hydroxylation is 2. The third kappa shape index (κ3) is 3.44. The number of anilines is 2. The number of aromatic nitrogens is 6. The summed E-state index contributed by atoms with van der Waals surface area (Å²) in [6, 6.07) is 15.4. The predicted octanol–water partition coefficient (Wildman–Crippen LogP) is 5.00. The average molecular weight is 446 g/mol. The van der Waals surface area contributed by atoms with E-state index >= 15 is 0 Å². The van der Waals surface area contributed by atoms with Crippen LogP contribution in [0.1, 0.15) is 11.5 Å². The second-order valence-electron chi connectivity index (χ2n) is 7.23. The first-order valence-corrected chi connectivity index (χ1v) is 10.4. The van der Waals surface area contributed by atoms with Crippen LogP contribution in [-0.4, -0.2) is 36.2 Å². The molecule has 5 rings (SSSR count). The summed E-state index contributed by atoms with van der Waals surface area (Å²) in [4.78, 5) is 13.7. The van der Waals surface area contributed by atoms with E-state index in [1.807, 2.05) is 73.0 Å². The molecule has 0 spiro atoms. The van der Waals surface area contributed by atoms with E-state index in [-0.39, 0.29) is 0 Å². The second-order valence-corrected chi connectivity index (χ2v) is 7.63. The highest BCUT2D eigenvalue weighted by Gasteiger charge is 2.16. The lowest BCUT2D eigenvalue weighted by atomic mass is 10.1. The zero-order chi connectivity index (χ0) is 22.2. The van der Waals surface area contributed by atoms with Crippen LogP contribution >= 0.6 is 11.6 Å². The van der Waals surface area contributed by atoms with Crippen molar-refractivity contribution in [3.8, 4) is 22.8 Å². The zero-order valence-corrected chi connectivity index (χ0v) is 18.5. The highest BCUT2D eigenvalue weighted by Crippen LogP contribution is 2.32. The van der Waals surface area contributed by atoms with Crippen LogP contribution in [-0.2, 0) is 0 Å². The van der Waals surface area contributed by atoms with Crippen LogP contribution < -0.4 is 10.1 Å². The van der Waals surface area contributed by atoms with Gasteiger partial charge in [0.2, 0.25) is 5.88 Å². The number of pyridine rings is 2. The van der Waals surface area contributed by atoms with Crippen LogP contribution in [0, 0.1) is 13.8 Å². The molecular weight excluding hydrogens is 426 g/mol. The molecule has 0 unspecified atom stereocenters. The molecule has 160 valence electrons. The highest BCUT2D eigenvalue weighted by molar-refractivity contribution is 6.33. The van der Waals surface area contributed by atoms with Gasteiger partial charge in [0.1, 0.15) is 23.7 Å². The Hall–Kier alpha value is -3.91. The first-order chi connectivity index (χ1) is 15.5. The Balaban J connectivity index is 1.55. The molecule has 1 aromatic carbocycles. The van der Waals surface area contributed by atoms with Gasteiger partial charge in [-0.05, 0) is 44.2 Å². The van der Waals surface area contributed by atoms with Gasteiger partial charge in [0.25, 0.3) is 0 Å². The summed E-state index contributed by atoms with van der Waals surface area (Å²) in [5.74, 6) is 1.73. The lowest BCUT2D eigenvalue weighted by Gasteiger charge is -2.11. The molecule has 0 fully saturated rings. The van der Waals surface area contributed by atoms with E-state index in [0.29, 0.717) is 28.2 Å². The molecule has 0 aliphatic carbocycles. The summed E-state index contributed by atoms with van der Waals surface area (Å²) < 4.78 is 9.16. The van der Waals surface area contributed by atoms with Gasteiger partial charge in [0, 0.05) is 17.5 Å². The Morgan fingerprint density at radius 1 is 1.00 bits per heavy atom. The van der Waals surface area contributed by atoms with E-state index in [0.717, 1.165) is 28.3 Å². The quantitative estimate of drug-likeness (QED) is 0.410. The summed E-state index contributed by atoms with van der Waals surface area (Å²) >= 11 is 6.43. The van der Waals surface area contributed by atoms with Crippen LogP contribution in [0.4, 0.5) is 11.5 Å². The van der Waals surface area contributed by atoms with Gasteiger partial charge in [-0.15, -0.1) is 0 Å². The Morgan fingerprint density at radius 3 is 2.59 bits per heavy atom. The highest BCUT2D eigenvalue weighted by atomic mass is 35.5. The summed E-state index contributed by atoms with van der Waals surface area (Å²) in [5.41, 5.74) is 5.03. The summed E-state index contributed by atoms with van der Waals surface area (Å²) in [6.45, 7) is 3.86. The molecule has 0 saturated heterocycles. The molecular formula is C23H20ClN7O. The molecule has 0 amide bonds. The van der Waals surface area contributed by atoms with Gasteiger partial charge in [0.15, 0.2) is 5.65 Å². The van der Waals surface area contributed by atoms with Crippen LogP contribution in [0.25, 0.3) is 22.6 Å². The number of rotatable bonds is 5. The van der Waals surface area contributed by atoms with Crippen molar-refractivity contribution in [2.75, 3.05) is 12.4 Å². The van der Waals surface area contributed by atoms with Crippen molar-refractivity contribution in [1.82, 2.24) is 29.1 Å². The standard InChI is InChI=1S/C23H20ClN7O/c1-14-21(16-7-4-5-8-17(16)24)28-22-18(9-6-12-30(14)22)26-20-11-10-19(23(27-20)32-3)31-13-25-15(2)29-31/h4-13H,1-3H3,(H,26,27). The molecule has 1 N–H and O–H groups in total. The van der Waals surface area contributed by atoms with Gasteiger partial charge >= 0.3 is 0 Å². The minimum absolute atomic E-state index is 0.433. The minimum Gasteiger partial charge on any atom is -0.479 e. The number of ether oxygens (including phenoxy) is 1. The van der Waals surface area contributed by atoms with Gasteiger partial charge in [0.05, 0.1) is 23.5 Å². The molecule has 4 aromatic heterocycles. The predicted molar refractivity (Wildman–Crippen MR) is 124 cm³/mol. The fourth-order valence-corrected chi connectivity index (χ4v) is 3.84. The SMILES string of the molecule is COc1nc(Nc2cccn3c(C)c(-c4ccccc4Cl)nc23)ccc1-n1cnc(C)n1. The maximum atomic E-state index is 6.43. The second kappa shape index (κ2) is 7.97. The number of nitrogens with one attached hydrogen (secondary N) is 1. The number of hydrogen-bond donors (Lipinski definition) is 1. The fourth-order valence-electron chi connectivity index (χ4n) is 3.62. The number of hydrogen-bond acceptors (Lipinski definition) is 6. The molecule has 5 aromatic rings. The summed E-state index contributed by atoms with van der Waals surface area (Å²) in [6.07, 6.45) is 3.61. The minimum atomic E-state index is 0.433. The number of imidazole rings is 1. The normalized spacial score (nSPS) is 11.1. The van der Waals surface area contributed by atoms with Gasteiger partial charge in [-0.3, -0.25) is 0 Å². The van der Waals surface area contributed by atoms with Gasteiger partial charge < -0.3 is 14.5 Å². The van der Waals surface area contributed by atoms with Gasteiger partial charge in [-0.25, -0.2) is 14.6 Å². The molecule has 0 aliphatic heterocycles. The molecule has 0 atom stereocenters. The van der Waals surface area contributed by atoms with Crippen LogP contribution in [0.3, 0.4) is 0 Å². The molecule has 4 heterocycles. The van der Waals surface area contributed by atoms with E-state index in [1.54, 1.807) is 18.1 Å². The third-order valence-corrected chi connectivity index (χ3v) is 5.50. The first kappa shape index (κ1) is 20.0. The van der Waals surface area contributed by atoms with Crippen LogP contribution in [0.15, 0.2) is 61.1 Å². The van der Waals surface area contributed by atoms with E-state index in [2.05, 4.69) is 20.4 Å². The molecule has 32 heavy (non-hydrogen) atoms. The first-order valence-electron chi connectivity index (χ1n) is 9.98. The Kier molecular flexibility index (Phi) is 4.99. The molecule has 0 radical (unpaired) electrons. The smallest absolute Gasteiger partial charge is 0.241 e. The van der Waals surface area contributed by atoms with Gasteiger partial charge in [-0.2, -0.15) is 10.1 Å². The maximum absolute atomic E-state index is 6.43. The molecule has 8 nitrogen and oxygen atoms in total. The monoisotopic (exact) mass is 445 g/mol. The van der Waals surface area contributed by atoms with E-state index in [4.69, 9.17) is 21.3 Å². The number of benzene rings is 1. The lowest BCUT2D eigenvalue weighted by molar-refractivity contribution is 0.395. The van der Waals surface area contributed by atoms with E-state index < -0.39 is 0 Å². The van der Waals surface area contributed by atoms with Crippen molar-refractivity contribution in [2.45, 2.75) is 13.8 Å². The number of fused-ring (bicyclic) bond motifs is 1. The largest absolute Gasteiger partial charge is 0.479 e.